The second-order valence-corrected chi connectivity index (χ2v) is 7.73. The van der Waals surface area contributed by atoms with E-state index in [4.69, 9.17) is 0 Å². The standard InChI is InChI=1S/C19H21NO2S/c1-3-23-13-8-12-6-7-20(2)15-9-11-4-5-16(21)19(22)18(11)14(10-13)17(12)15/h4-5,8,10,15,21-22H,3,6-7,9H2,1-2H3/t15-/m1/s1. The molecule has 23 heavy (non-hydrogen) atoms. The van der Waals surface area contributed by atoms with Gasteiger partial charge in [0.2, 0.25) is 0 Å². The van der Waals surface area contributed by atoms with E-state index in [0.29, 0.717) is 6.04 Å². The first-order valence-corrected chi connectivity index (χ1v) is 9.12. The zero-order valence-corrected chi connectivity index (χ0v) is 14.3. The number of nitrogens with zero attached hydrogens (tertiary/aromatic N) is 1. The first-order valence-electron chi connectivity index (χ1n) is 8.14. The lowest BCUT2D eigenvalue weighted by molar-refractivity contribution is 0.227. The van der Waals surface area contributed by atoms with E-state index in [0.717, 1.165) is 41.8 Å². The van der Waals surface area contributed by atoms with Gasteiger partial charge in [0.1, 0.15) is 0 Å². The lowest BCUT2D eigenvalue weighted by atomic mass is 9.77. The van der Waals surface area contributed by atoms with Gasteiger partial charge in [-0.3, -0.25) is 4.90 Å². The topological polar surface area (TPSA) is 43.7 Å². The molecule has 120 valence electrons. The molecule has 0 bridgehead atoms. The van der Waals surface area contributed by atoms with Gasteiger partial charge in [-0.05, 0) is 66.1 Å². The first-order chi connectivity index (χ1) is 11.1. The molecule has 1 atom stereocenters. The van der Waals surface area contributed by atoms with E-state index in [1.165, 1.54) is 16.0 Å². The van der Waals surface area contributed by atoms with Crippen LogP contribution in [-0.2, 0) is 12.8 Å². The lowest BCUT2D eigenvalue weighted by Gasteiger charge is -2.40. The van der Waals surface area contributed by atoms with Crippen LogP contribution in [-0.4, -0.2) is 34.5 Å². The largest absolute Gasteiger partial charge is 0.504 e. The maximum absolute atomic E-state index is 10.5. The minimum atomic E-state index is -0.0336. The van der Waals surface area contributed by atoms with Crippen molar-refractivity contribution in [1.29, 1.82) is 0 Å². The average Bonchev–Trinajstić information content (AvgIpc) is 2.54. The summed E-state index contributed by atoms with van der Waals surface area (Å²) in [6.45, 7) is 3.22. The van der Waals surface area contributed by atoms with Gasteiger partial charge in [-0.15, -0.1) is 11.8 Å². The molecular weight excluding hydrogens is 306 g/mol. The Kier molecular flexibility index (Phi) is 3.54. The highest BCUT2D eigenvalue weighted by molar-refractivity contribution is 7.99. The second-order valence-electron chi connectivity index (χ2n) is 6.39. The fraction of sp³-hybridized carbons (Fsp3) is 0.368. The van der Waals surface area contributed by atoms with Gasteiger partial charge >= 0.3 is 0 Å². The highest BCUT2D eigenvalue weighted by Crippen LogP contribution is 2.51. The molecule has 4 heteroatoms. The molecule has 1 heterocycles. The highest BCUT2D eigenvalue weighted by atomic mass is 32.2. The van der Waals surface area contributed by atoms with Crippen molar-refractivity contribution in [2.24, 2.45) is 0 Å². The Bertz CT molecular complexity index is 787. The van der Waals surface area contributed by atoms with E-state index in [1.54, 1.807) is 6.07 Å². The molecule has 0 amide bonds. The van der Waals surface area contributed by atoms with Crippen LogP contribution in [0.5, 0.6) is 11.5 Å². The van der Waals surface area contributed by atoms with Crippen molar-refractivity contribution in [2.75, 3.05) is 19.3 Å². The van der Waals surface area contributed by atoms with Crippen molar-refractivity contribution in [3.63, 3.8) is 0 Å². The van der Waals surface area contributed by atoms with Crippen molar-refractivity contribution < 1.29 is 10.2 Å². The maximum atomic E-state index is 10.5. The summed E-state index contributed by atoms with van der Waals surface area (Å²) in [4.78, 5) is 3.66. The molecule has 0 aromatic heterocycles. The van der Waals surface area contributed by atoms with Gasteiger partial charge < -0.3 is 10.2 Å². The minimum Gasteiger partial charge on any atom is -0.504 e. The molecule has 1 aliphatic carbocycles. The molecule has 1 aliphatic heterocycles. The number of fused-ring (bicyclic) bond motifs is 2. The van der Waals surface area contributed by atoms with Crippen LogP contribution in [0.3, 0.4) is 0 Å². The van der Waals surface area contributed by atoms with E-state index in [-0.39, 0.29) is 11.5 Å². The van der Waals surface area contributed by atoms with Crippen LogP contribution in [0.1, 0.15) is 29.7 Å². The number of thioether (sulfide) groups is 1. The summed E-state index contributed by atoms with van der Waals surface area (Å²) in [6, 6.07) is 8.43. The number of benzene rings is 2. The summed E-state index contributed by atoms with van der Waals surface area (Å²) in [6.07, 6.45) is 1.93. The van der Waals surface area contributed by atoms with E-state index < -0.39 is 0 Å². The van der Waals surface area contributed by atoms with Gasteiger partial charge in [0.05, 0.1) is 0 Å². The number of phenolic OH excluding ortho intramolecular Hbond substituents is 2. The van der Waals surface area contributed by atoms with Crippen molar-refractivity contribution in [1.82, 2.24) is 4.90 Å². The summed E-state index contributed by atoms with van der Waals surface area (Å²) < 4.78 is 0. The highest BCUT2D eigenvalue weighted by Gasteiger charge is 2.34. The number of likely N-dealkylation sites (N-methyl/N-ethyl adjacent to an activating group) is 1. The Morgan fingerprint density at radius 1 is 1.22 bits per heavy atom. The van der Waals surface area contributed by atoms with Crippen LogP contribution in [0.15, 0.2) is 29.2 Å². The van der Waals surface area contributed by atoms with Crippen molar-refractivity contribution in [3.05, 3.63) is 41.0 Å². The van der Waals surface area contributed by atoms with Crippen molar-refractivity contribution in [3.8, 4) is 22.6 Å². The van der Waals surface area contributed by atoms with Crippen molar-refractivity contribution in [2.45, 2.75) is 30.7 Å². The summed E-state index contributed by atoms with van der Waals surface area (Å²) in [5.74, 6) is 1.02. The Morgan fingerprint density at radius 2 is 2.04 bits per heavy atom. The number of hydrogen-bond acceptors (Lipinski definition) is 4. The fourth-order valence-corrected chi connectivity index (χ4v) is 4.73. The molecule has 2 aromatic carbocycles. The normalized spacial score (nSPS) is 19.3. The predicted molar refractivity (Wildman–Crippen MR) is 94.4 cm³/mol. The third-order valence-corrected chi connectivity index (χ3v) is 5.93. The van der Waals surface area contributed by atoms with Crippen LogP contribution in [0.25, 0.3) is 11.1 Å². The predicted octanol–water partition coefficient (Wildman–Crippen LogP) is 3.96. The van der Waals surface area contributed by atoms with E-state index >= 15 is 0 Å². The smallest absolute Gasteiger partial charge is 0.165 e. The maximum Gasteiger partial charge on any atom is 0.165 e. The summed E-state index contributed by atoms with van der Waals surface area (Å²) in [5.41, 5.74) is 5.79. The number of rotatable bonds is 2. The average molecular weight is 327 g/mol. The molecule has 2 aliphatic rings. The summed E-state index contributed by atoms with van der Waals surface area (Å²) in [7, 11) is 2.18. The van der Waals surface area contributed by atoms with Gasteiger partial charge in [0.15, 0.2) is 11.5 Å². The Labute approximate surface area is 141 Å². The van der Waals surface area contributed by atoms with E-state index in [1.807, 2.05) is 17.8 Å². The van der Waals surface area contributed by atoms with E-state index in [2.05, 4.69) is 31.0 Å². The molecule has 0 saturated heterocycles. The Morgan fingerprint density at radius 3 is 2.83 bits per heavy atom. The quantitative estimate of drug-likeness (QED) is 0.647. The van der Waals surface area contributed by atoms with Gasteiger partial charge in [-0.25, -0.2) is 0 Å². The number of phenols is 2. The Hall–Kier alpha value is -1.65. The van der Waals surface area contributed by atoms with Gasteiger partial charge in [-0.2, -0.15) is 0 Å². The SMILES string of the molecule is CCSc1cc2c3c(c1)-c1c(ccc(O)c1O)C[C@H]3N(C)CC2. The van der Waals surface area contributed by atoms with Gasteiger partial charge in [-0.1, -0.05) is 13.0 Å². The van der Waals surface area contributed by atoms with Crippen molar-refractivity contribution >= 4 is 11.8 Å². The molecular formula is C19H21NO2S. The molecule has 3 nitrogen and oxygen atoms in total. The molecule has 0 radical (unpaired) electrons. The molecule has 0 unspecified atom stereocenters. The molecule has 2 aromatic rings. The second kappa shape index (κ2) is 5.46. The monoisotopic (exact) mass is 327 g/mol. The van der Waals surface area contributed by atoms with Gasteiger partial charge in [0, 0.05) is 23.0 Å². The molecule has 0 fully saturated rings. The molecule has 0 saturated carbocycles. The molecule has 2 N–H and O–H groups in total. The zero-order valence-electron chi connectivity index (χ0n) is 13.5. The third-order valence-electron chi connectivity index (χ3n) is 5.07. The Balaban J connectivity index is 2.02. The minimum absolute atomic E-state index is 0.0232. The molecule has 4 rings (SSSR count). The summed E-state index contributed by atoms with van der Waals surface area (Å²) in [5, 5.41) is 20.4. The number of hydrogen-bond donors (Lipinski definition) is 2. The van der Waals surface area contributed by atoms with Crippen LogP contribution in [0.2, 0.25) is 0 Å². The number of aromatic hydroxyl groups is 2. The lowest BCUT2D eigenvalue weighted by Crippen LogP contribution is -2.35. The van der Waals surface area contributed by atoms with Crippen LogP contribution < -0.4 is 0 Å². The van der Waals surface area contributed by atoms with Gasteiger partial charge in [0.25, 0.3) is 0 Å². The molecule has 0 spiro atoms. The summed E-state index contributed by atoms with van der Waals surface area (Å²) >= 11 is 1.83. The van der Waals surface area contributed by atoms with Crippen LogP contribution in [0.4, 0.5) is 0 Å². The van der Waals surface area contributed by atoms with Crippen LogP contribution in [0, 0.1) is 0 Å². The van der Waals surface area contributed by atoms with Crippen LogP contribution >= 0.6 is 11.8 Å². The fourth-order valence-electron chi connectivity index (χ4n) is 3.97. The third kappa shape index (κ3) is 2.24. The zero-order chi connectivity index (χ0) is 16.1. The first kappa shape index (κ1) is 14.9. The van der Waals surface area contributed by atoms with E-state index in [9.17, 15) is 10.2 Å².